The highest BCUT2D eigenvalue weighted by atomic mass is 16.6. The molecule has 1 fully saturated rings. The van der Waals surface area contributed by atoms with Crippen molar-refractivity contribution in [3.63, 3.8) is 0 Å². The lowest BCUT2D eigenvalue weighted by atomic mass is 9.93. The van der Waals surface area contributed by atoms with Gasteiger partial charge in [-0.1, -0.05) is 30.3 Å². The van der Waals surface area contributed by atoms with Gasteiger partial charge < -0.3 is 20.4 Å². The van der Waals surface area contributed by atoms with Crippen molar-refractivity contribution in [2.75, 3.05) is 13.1 Å². The Morgan fingerprint density at radius 2 is 1.87 bits per heavy atom. The Morgan fingerprint density at radius 3 is 2.53 bits per heavy atom. The minimum atomic E-state index is -0.517. The molecule has 1 aromatic heterocycles. The predicted molar refractivity (Wildman–Crippen MR) is 117 cm³/mol. The Hall–Kier alpha value is -3.28. The number of carbonyl (C=O) groups excluding carboxylic acids is 2. The first-order valence-electron chi connectivity index (χ1n) is 10.2. The van der Waals surface area contributed by atoms with Gasteiger partial charge in [-0.2, -0.15) is 0 Å². The van der Waals surface area contributed by atoms with E-state index in [0.29, 0.717) is 18.7 Å². The van der Waals surface area contributed by atoms with Crippen LogP contribution in [0.5, 0.6) is 0 Å². The summed E-state index contributed by atoms with van der Waals surface area (Å²) >= 11 is 0. The molecule has 30 heavy (non-hydrogen) atoms. The van der Waals surface area contributed by atoms with Crippen LogP contribution in [0, 0.1) is 0 Å². The van der Waals surface area contributed by atoms with E-state index in [-0.39, 0.29) is 12.0 Å². The summed E-state index contributed by atoms with van der Waals surface area (Å²) < 4.78 is 5.52. The lowest BCUT2D eigenvalue weighted by Gasteiger charge is -2.24. The van der Waals surface area contributed by atoms with Crippen molar-refractivity contribution in [1.82, 2.24) is 9.88 Å². The second-order valence-corrected chi connectivity index (χ2v) is 8.83. The van der Waals surface area contributed by atoms with E-state index in [9.17, 15) is 9.59 Å². The minimum absolute atomic E-state index is 0.165. The zero-order valence-electron chi connectivity index (χ0n) is 17.6. The molecule has 3 N–H and O–H groups in total. The van der Waals surface area contributed by atoms with Crippen LogP contribution in [0.1, 0.15) is 49.0 Å². The fourth-order valence-electron chi connectivity index (χ4n) is 4.09. The highest BCUT2D eigenvalue weighted by molar-refractivity contribution is 6.07. The molecular formula is C24H27N3O3. The zero-order valence-corrected chi connectivity index (χ0v) is 17.6. The van der Waals surface area contributed by atoms with Crippen LogP contribution in [0.25, 0.3) is 22.0 Å². The van der Waals surface area contributed by atoms with Gasteiger partial charge in [0.15, 0.2) is 0 Å². The summed E-state index contributed by atoms with van der Waals surface area (Å²) in [5.74, 6) is -0.300. The van der Waals surface area contributed by atoms with Crippen molar-refractivity contribution in [3.8, 4) is 11.1 Å². The van der Waals surface area contributed by atoms with Gasteiger partial charge in [0, 0.05) is 30.6 Å². The number of nitrogens with zero attached hydrogens (tertiary/aromatic N) is 1. The van der Waals surface area contributed by atoms with Crippen LogP contribution in [0.4, 0.5) is 4.79 Å². The molecule has 2 aromatic carbocycles. The van der Waals surface area contributed by atoms with Crippen molar-refractivity contribution in [3.05, 3.63) is 59.8 Å². The van der Waals surface area contributed by atoms with Crippen molar-refractivity contribution in [2.24, 2.45) is 5.73 Å². The summed E-state index contributed by atoms with van der Waals surface area (Å²) in [6.45, 7) is 6.84. The molecule has 2 amide bonds. The highest BCUT2D eigenvalue weighted by Gasteiger charge is 2.32. The van der Waals surface area contributed by atoms with Gasteiger partial charge in [-0.25, -0.2) is 4.79 Å². The van der Waals surface area contributed by atoms with Crippen molar-refractivity contribution in [2.45, 2.75) is 38.7 Å². The third kappa shape index (κ3) is 3.90. The Kier molecular flexibility index (Phi) is 5.02. The minimum Gasteiger partial charge on any atom is -0.444 e. The monoisotopic (exact) mass is 405 g/mol. The first-order valence-corrected chi connectivity index (χ1v) is 10.2. The van der Waals surface area contributed by atoms with Gasteiger partial charge in [0.2, 0.25) is 0 Å². The number of benzene rings is 2. The van der Waals surface area contributed by atoms with Crippen LogP contribution in [0.15, 0.2) is 48.7 Å². The average Bonchev–Trinajstić information content (AvgIpc) is 3.33. The summed E-state index contributed by atoms with van der Waals surface area (Å²) in [5.41, 5.74) is 9.44. The maximum atomic E-state index is 12.5. The Labute approximate surface area is 176 Å². The number of hydrogen-bond acceptors (Lipinski definition) is 3. The summed E-state index contributed by atoms with van der Waals surface area (Å²) in [4.78, 5) is 29.6. The third-order valence-corrected chi connectivity index (χ3v) is 5.47. The molecule has 6 nitrogen and oxygen atoms in total. The standard InChI is InChI=1S/C24H27N3O3/c1-24(2,3)30-23(29)27-10-9-16(14-27)20-13-26-21-18(20)11-17(12-19(21)22(25)28)15-7-5-4-6-8-15/h4-8,11-13,16,26H,9-10,14H2,1-3H3,(H2,25,28). The number of H-pyrrole nitrogens is 1. The van der Waals surface area contributed by atoms with Gasteiger partial charge >= 0.3 is 6.09 Å². The Bertz CT molecular complexity index is 1100. The number of hydrogen-bond donors (Lipinski definition) is 2. The largest absolute Gasteiger partial charge is 0.444 e. The van der Waals surface area contributed by atoms with Crippen LogP contribution < -0.4 is 5.73 Å². The van der Waals surface area contributed by atoms with E-state index in [0.717, 1.165) is 34.0 Å². The highest BCUT2D eigenvalue weighted by Crippen LogP contribution is 2.36. The molecule has 4 rings (SSSR count). The molecule has 1 unspecified atom stereocenters. The number of rotatable bonds is 3. The molecule has 1 aliphatic rings. The van der Waals surface area contributed by atoms with Gasteiger partial charge in [-0.3, -0.25) is 4.79 Å². The number of primary amides is 1. The number of aromatic nitrogens is 1. The number of nitrogens with one attached hydrogen (secondary N) is 1. The molecule has 1 aliphatic heterocycles. The van der Waals surface area contributed by atoms with Gasteiger partial charge in [0.25, 0.3) is 5.91 Å². The van der Waals surface area contributed by atoms with E-state index < -0.39 is 11.5 Å². The van der Waals surface area contributed by atoms with Gasteiger partial charge in [0.05, 0.1) is 11.1 Å². The molecule has 0 saturated carbocycles. The smallest absolute Gasteiger partial charge is 0.410 e. The second-order valence-electron chi connectivity index (χ2n) is 8.83. The number of fused-ring (bicyclic) bond motifs is 1. The first kappa shape index (κ1) is 20.0. The van der Waals surface area contributed by atoms with Crippen LogP contribution in [-0.4, -0.2) is 40.6 Å². The number of nitrogens with two attached hydrogens (primary N) is 1. The van der Waals surface area contributed by atoms with Gasteiger partial charge in [-0.15, -0.1) is 0 Å². The van der Waals surface area contributed by atoms with E-state index in [4.69, 9.17) is 10.5 Å². The van der Waals surface area contributed by atoms with Crippen LogP contribution in [-0.2, 0) is 4.74 Å². The number of likely N-dealkylation sites (tertiary alicyclic amines) is 1. The molecule has 0 spiro atoms. The SMILES string of the molecule is CC(C)(C)OC(=O)N1CCC(c2c[nH]c3c(C(N)=O)cc(-c4ccccc4)cc23)C1. The fourth-order valence-corrected chi connectivity index (χ4v) is 4.09. The summed E-state index contributed by atoms with van der Waals surface area (Å²) in [6, 6.07) is 13.9. The molecular weight excluding hydrogens is 378 g/mol. The van der Waals surface area contributed by atoms with Crippen LogP contribution >= 0.6 is 0 Å². The molecule has 0 aliphatic carbocycles. The van der Waals surface area contributed by atoms with Crippen LogP contribution in [0.3, 0.4) is 0 Å². The summed E-state index contributed by atoms with van der Waals surface area (Å²) in [6.07, 6.45) is 2.50. The molecule has 6 heteroatoms. The molecule has 0 bridgehead atoms. The van der Waals surface area contributed by atoms with E-state index in [1.165, 1.54) is 0 Å². The molecule has 1 saturated heterocycles. The van der Waals surface area contributed by atoms with E-state index in [1.54, 1.807) is 4.90 Å². The molecule has 3 aromatic rings. The van der Waals surface area contributed by atoms with Crippen molar-refractivity contribution < 1.29 is 14.3 Å². The van der Waals surface area contributed by atoms with E-state index in [2.05, 4.69) is 11.1 Å². The number of aromatic amines is 1. The van der Waals surface area contributed by atoms with Crippen molar-refractivity contribution in [1.29, 1.82) is 0 Å². The molecule has 0 radical (unpaired) electrons. The summed E-state index contributed by atoms with van der Waals surface area (Å²) in [5, 5.41) is 0.973. The maximum Gasteiger partial charge on any atom is 0.410 e. The first-order chi connectivity index (χ1) is 14.2. The van der Waals surface area contributed by atoms with E-state index in [1.807, 2.05) is 63.4 Å². The lowest BCUT2D eigenvalue weighted by Crippen LogP contribution is -2.35. The third-order valence-electron chi connectivity index (χ3n) is 5.47. The second kappa shape index (κ2) is 7.52. The normalized spacial score (nSPS) is 16.8. The van der Waals surface area contributed by atoms with Gasteiger partial charge in [0.1, 0.15) is 5.60 Å². The average molecular weight is 405 g/mol. The number of carbonyl (C=O) groups is 2. The van der Waals surface area contributed by atoms with Crippen LogP contribution in [0.2, 0.25) is 0 Å². The Morgan fingerprint density at radius 1 is 1.13 bits per heavy atom. The zero-order chi connectivity index (χ0) is 21.5. The molecule has 2 heterocycles. The number of ether oxygens (including phenoxy) is 1. The maximum absolute atomic E-state index is 12.5. The number of amides is 2. The molecule has 1 atom stereocenters. The fraction of sp³-hybridized carbons (Fsp3) is 0.333. The predicted octanol–water partition coefficient (Wildman–Crippen LogP) is 4.66. The Balaban J connectivity index is 1.70. The van der Waals surface area contributed by atoms with Crippen molar-refractivity contribution >= 4 is 22.9 Å². The van der Waals surface area contributed by atoms with Gasteiger partial charge in [-0.05, 0) is 56.0 Å². The quantitative estimate of drug-likeness (QED) is 0.664. The van der Waals surface area contributed by atoms with E-state index >= 15 is 0 Å². The molecule has 156 valence electrons. The lowest BCUT2D eigenvalue weighted by molar-refractivity contribution is 0.0292. The topological polar surface area (TPSA) is 88.4 Å². The summed E-state index contributed by atoms with van der Waals surface area (Å²) in [7, 11) is 0.